The Labute approximate surface area is 122 Å². The summed E-state index contributed by atoms with van der Waals surface area (Å²) in [5.74, 6) is 0.515. The monoisotopic (exact) mass is 296 g/mol. The van der Waals surface area contributed by atoms with Crippen LogP contribution in [0.3, 0.4) is 0 Å². The normalized spacial score (nSPS) is 16.8. The topological polar surface area (TPSA) is 49.4 Å². The number of anilines is 1. The molecule has 0 bridgehead atoms. The maximum Gasteiger partial charge on any atom is 0.244 e. The molecular formula is C15H24N2O2S. The summed E-state index contributed by atoms with van der Waals surface area (Å²) in [6.45, 7) is 3.30. The molecule has 0 amide bonds. The molecule has 112 valence electrons. The van der Waals surface area contributed by atoms with Crippen molar-refractivity contribution in [3.63, 3.8) is 0 Å². The first-order valence-corrected chi connectivity index (χ1v) is 8.79. The SMILES string of the molecule is CCNc1ccccc1S(=O)(=O)N(C)CC1CCCC1. The molecule has 0 radical (unpaired) electrons. The zero-order valence-corrected chi connectivity index (χ0v) is 13.1. The number of hydrogen-bond acceptors (Lipinski definition) is 3. The van der Waals surface area contributed by atoms with Gasteiger partial charge in [0.1, 0.15) is 4.90 Å². The molecule has 0 atom stereocenters. The van der Waals surface area contributed by atoms with Crippen LogP contribution in [0.5, 0.6) is 0 Å². The molecular weight excluding hydrogens is 272 g/mol. The molecule has 1 saturated carbocycles. The molecule has 0 unspecified atom stereocenters. The van der Waals surface area contributed by atoms with Crippen molar-refractivity contribution in [1.29, 1.82) is 0 Å². The van der Waals surface area contributed by atoms with Gasteiger partial charge in [-0.15, -0.1) is 0 Å². The van der Waals surface area contributed by atoms with Gasteiger partial charge in [0.25, 0.3) is 0 Å². The van der Waals surface area contributed by atoms with E-state index in [1.54, 1.807) is 19.2 Å². The fraction of sp³-hybridized carbons (Fsp3) is 0.600. The van der Waals surface area contributed by atoms with E-state index in [0.29, 0.717) is 29.6 Å². The molecule has 20 heavy (non-hydrogen) atoms. The van der Waals surface area contributed by atoms with Crippen LogP contribution in [0.4, 0.5) is 5.69 Å². The Hall–Kier alpha value is -1.07. The van der Waals surface area contributed by atoms with Gasteiger partial charge in [-0.05, 0) is 37.8 Å². The van der Waals surface area contributed by atoms with Crippen LogP contribution < -0.4 is 5.32 Å². The highest BCUT2D eigenvalue weighted by molar-refractivity contribution is 7.89. The summed E-state index contributed by atoms with van der Waals surface area (Å²) in [6, 6.07) is 7.13. The average Bonchev–Trinajstić information content (AvgIpc) is 2.92. The van der Waals surface area contributed by atoms with E-state index < -0.39 is 10.0 Å². The van der Waals surface area contributed by atoms with Crippen molar-refractivity contribution in [1.82, 2.24) is 4.31 Å². The minimum Gasteiger partial charge on any atom is -0.384 e. The third kappa shape index (κ3) is 3.33. The van der Waals surface area contributed by atoms with Crippen molar-refractivity contribution < 1.29 is 8.42 Å². The third-order valence-electron chi connectivity index (χ3n) is 3.93. The predicted molar refractivity (Wildman–Crippen MR) is 82.4 cm³/mol. The van der Waals surface area contributed by atoms with Gasteiger partial charge in [0, 0.05) is 20.1 Å². The van der Waals surface area contributed by atoms with Crippen LogP contribution in [0.25, 0.3) is 0 Å². The van der Waals surface area contributed by atoms with Crippen molar-refractivity contribution in [3.8, 4) is 0 Å². The van der Waals surface area contributed by atoms with Crippen LogP contribution in [0.1, 0.15) is 32.6 Å². The van der Waals surface area contributed by atoms with Crippen LogP contribution in [0.2, 0.25) is 0 Å². The van der Waals surface area contributed by atoms with Crippen LogP contribution in [0.15, 0.2) is 29.2 Å². The van der Waals surface area contributed by atoms with Gasteiger partial charge >= 0.3 is 0 Å². The number of sulfonamides is 1. The maximum absolute atomic E-state index is 12.7. The average molecular weight is 296 g/mol. The summed E-state index contributed by atoms with van der Waals surface area (Å²) < 4.78 is 26.9. The van der Waals surface area contributed by atoms with Gasteiger partial charge in [-0.3, -0.25) is 0 Å². The lowest BCUT2D eigenvalue weighted by atomic mass is 10.1. The van der Waals surface area contributed by atoms with E-state index in [9.17, 15) is 8.42 Å². The zero-order valence-electron chi connectivity index (χ0n) is 12.3. The molecule has 1 fully saturated rings. The molecule has 1 aromatic carbocycles. The van der Waals surface area contributed by atoms with E-state index in [-0.39, 0.29) is 0 Å². The van der Waals surface area contributed by atoms with Crippen LogP contribution in [-0.4, -0.2) is 32.9 Å². The van der Waals surface area contributed by atoms with Gasteiger partial charge in [-0.25, -0.2) is 12.7 Å². The van der Waals surface area contributed by atoms with Crippen molar-refractivity contribution in [3.05, 3.63) is 24.3 Å². The lowest BCUT2D eigenvalue weighted by Crippen LogP contribution is -2.31. The van der Waals surface area contributed by atoms with Crippen molar-refractivity contribution in [2.75, 3.05) is 25.5 Å². The first kappa shape index (κ1) is 15.3. The van der Waals surface area contributed by atoms with Gasteiger partial charge in [0.05, 0.1) is 5.69 Å². The number of para-hydroxylation sites is 1. The Balaban J connectivity index is 2.20. The minimum absolute atomic E-state index is 0.377. The Morgan fingerprint density at radius 2 is 1.90 bits per heavy atom. The molecule has 2 rings (SSSR count). The van der Waals surface area contributed by atoms with Gasteiger partial charge in [-0.1, -0.05) is 25.0 Å². The summed E-state index contributed by atoms with van der Waals surface area (Å²) in [5, 5.41) is 3.12. The molecule has 5 heteroatoms. The highest BCUT2D eigenvalue weighted by atomic mass is 32.2. The quantitative estimate of drug-likeness (QED) is 0.878. The predicted octanol–water partition coefficient (Wildman–Crippen LogP) is 2.93. The van der Waals surface area contributed by atoms with E-state index in [4.69, 9.17) is 0 Å². The molecule has 0 aliphatic heterocycles. The first-order valence-electron chi connectivity index (χ1n) is 7.35. The maximum atomic E-state index is 12.7. The summed E-state index contributed by atoms with van der Waals surface area (Å²) in [7, 11) is -1.72. The number of hydrogen-bond donors (Lipinski definition) is 1. The van der Waals surface area contributed by atoms with Crippen LogP contribution in [-0.2, 0) is 10.0 Å². The largest absolute Gasteiger partial charge is 0.384 e. The molecule has 0 spiro atoms. The van der Waals surface area contributed by atoms with E-state index in [0.717, 1.165) is 12.8 Å². The molecule has 1 aliphatic rings. The Bertz CT molecular complexity index is 537. The Morgan fingerprint density at radius 3 is 2.55 bits per heavy atom. The standard InChI is InChI=1S/C15H24N2O2S/c1-3-16-14-10-6-7-11-15(14)20(18,19)17(2)12-13-8-4-5-9-13/h6-7,10-11,13,16H,3-5,8-9,12H2,1-2H3. The molecule has 4 nitrogen and oxygen atoms in total. The van der Waals surface area contributed by atoms with Crippen LogP contribution in [0, 0.1) is 5.92 Å². The van der Waals surface area contributed by atoms with Crippen molar-refractivity contribution in [2.45, 2.75) is 37.5 Å². The highest BCUT2D eigenvalue weighted by Gasteiger charge is 2.27. The number of rotatable bonds is 6. The van der Waals surface area contributed by atoms with Gasteiger partial charge in [-0.2, -0.15) is 0 Å². The fourth-order valence-corrected chi connectivity index (χ4v) is 4.26. The van der Waals surface area contributed by atoms with E-state index in [1.165, 1.54) is 17.1 Å². The third-order valence-corrected chi connectivity index (χ3v) is 5.81. The summed E-state index contributed by atoms with van der Waals surface area (Å²) in [4.78, 5) is 0.377. The molecule has 0 saturated heterocycles. The lowest BCUT2D eigenvalue weighted by Gasteiger charge is -2.22. The summed E-state index contributed by atoms with van der Waals surface area (Å²) >= 11 is 0. The first-order chi connectivity index (χ1) is 9.55. The number of nitrogens with zero attached hydrogens (tertiary/aromatic N) is 1. The van der Waals surface area contributed by atoms with E-state index in [1.807, 2.05) is 19.1 Å². The van der Waals surface area contributed by atoms with E-state index >= 15 is 0 Å². The Morgan fingerprint density at radius 1 is 1.25 bits per heavy atom. The molecule has 0 aromatic heterocycles. The minimum atomic E-state index is -3.41. The molecule has 1 N–H and O–H groups in total. The van der Waals surface area contributed by atoms with Gasteiger partial charge in [0.2, 0.25) is 10.0 Å². The summed E-state index contributed by atoms with van der Waals surface area (Å²) in [5.41, 5.74) is 0.688. The lowest BCUT2D eigenvalue weighted by molar-refractivity contribution is 0.387. The smallest absolute Gasteiger partial charge is 0.244 e. The fourth-order valence-electron chi connectivity index (χ4n) is 2.85. The highest BCUT2D eigenvalue weighted by Crippen LogP contribution is 2.29. The van der Waals surface area contributed by atoms with E-state index in [2.05, 4.69) is 5.32 Å². The van der Waals surface area contributed by atoms with Gasteiger partial charge < -0.3 is 5.32 Å². The van der Waals surface area contributed by atoms with Gasteiger partial charge in [0.15, 0.2) is 0 Å². The molecule has 0 heterocycles. The Kier molecular flexibility index (Phi) is 5.05. The second-order valence-electron chi connectivity index (χ2n) is 5.46. The van der Waals surface area contributed by atoms with Crippen molar-refractivity contribution in [2.24, 2.45) is 5.92 Å². The zero-order chi connectivity index (χ0) is 14.6. The molecule has 1 aliphatic carbocycles. The second kappa shape index (κ2) is 6.59. The number of nitrogens with one attached hydrogen (secondary N) is 1. The second-order valence-corrected chi connectivity index (χ2v) is 7.48. The summed E-state index contributed by atoms with van der Waals surface area (Å²) in [6.07, 6.45) is 4.75. The molecule has 1 aromatic rings. The number of benzene rings is 1. The van der Waals surface area contributed by atoms with Crippen molar-refractivity contribution >= 4 is 15.7 Å². The van der Waals surface area contributed by atoms with Crippen LogP contribution >= 0.6 is 0 Å².